The summed E-state index contributed by atoms with van der Waals surface area (Å²) in [7, 11) is 2.86. The van der Waals surface area contributed by atoms with E-state index in [-0.39, 0.29) is 45.8 Å². The van der Waals surface area contributed by atoms with Crippen LogP contribution in [0, 0.1) is 0 Å². The first-order valence-electron chi connectivity index (χ1n) is 9.78. The molecular formula is C23H21Cl2NO7. The number of nitrogens with zero attached hydrogens (tertiary/aromatic N) is 1. The Morgan fingerprint density at radius 2 is 1.79 bits per heavy atom. The lowest BCUT2D eigenvalue weighted by Crippen LogP contribution is -2.32. The minimum Gasteiger partial charge on any atom is -0.507 e. The van der Waals surface area contributed by atoms with Gasteiger partial charge in [-0.15, -0.1) is 0 Å². The SMILES string of the molecule is COCCN1C(=O)C(=O)/C(=C(/O)c2cc(Cl)c(OC)c(Cl)c2)C1c1cccc(OC(C)=O)c1. The van der Waals surface area contributed by atoms with E-state index < -0.39 is 29.5 Å². The summed E-state index contributed by atoms with van der Waals surface area (Å²) >= 11 is 12.4. The molecule has 1 unspecified atom stereocenters. The maximum Gasteiger partial charge on any atom is 0.308 e. The molecule has 3 rings (SSSR count). The summed E-state index contributed by atoms with van der Waals surface area (Å²) in [5, 5.41) is 11.4. The summed E-state index contributed by atoms with van der Waals surface area (Å²) in [5.41, 5.74) is 0.432. The number of Topliss-reactive ketones (excluding diaryl/α,β-unsaturated/α-hetero) is 1. The minimum absolute atomic E-state index is 0.0877. The van der Waals surface area contributed by atoms with Gasteiger partial charge in [-0.2, -0.15) is 0 Å². The Morgan fingerprint density at radius 1 is 1.12 bits per heavy atom. The molecule has 0 radical (unpaired) electrons. The first-order valence-corrected chi connectivity index (χ1v) is 10.5. The average Bonchev–Trinajstić information content (AvgIpc) is 3.01. The molecule has 1 amide bonds. The van der Waals surface area contributed by atoms with Crippen LogP contribution in [0.3, 0.4) is 0 Å². The van der Waals surface area contributed by atoms with E-state index in [1.807, 2.05) is 0 Å². The number of ether oxygens (including phenoxy) is 3. The van der Waals surface area contributed by atoms with Crippen LogP contribution in [0.15, 0.2) is 42.0 Å². The van der Waals surface area contributed by atoms with Crippen molar-refractivity contribution >= 4 is 46.6 Å². The summed E-state index contributed by atoms with van der Waals surface area (Å²) in [5.74, 6) is -2.23. The highest BCUT2D eigenvalue weighted by atomic mass is 35.5. The zero-order chi connectivity index (χ0) is 24.3. The van der Waals surface area contributed by atoms with Crippen molar-refractivity contribution in [3.05, 3.63) is 63.1 Å². The molecule has 1 heterocycles. The zero-order valence-electron chi connectivity index (χ0n) is 18.1. The number of ketones is 1. The minimum atomic E-state index is -0.963. The van der Waals surface area contributed by atoms with Gasteiger partial charge in [0.15, 0.2) is 5.75 Å². The first-order chi connectivity index (χ1) is 15.7. The number of rotatable bonds is 7. The molecule has 0 aromatic heterocycles. The van der Waals surface area contributed by atoms with Gasteiger partial charge in [0, 0.05) is 26.1 Å². The van der Waals surface area contributed by atoms with Gasteiger partial charge in [0.2, 0.25) is 0 Å². The highest BCUT2D eigenvalue weighted by molar-refractivity contribution is 6.46. The fraction of sp³-hybridized carbons (Fsp3) is 0.261. The second kappa shape index (κ2) is 10.2. The van der Waals surface area contributed by atoms with Crippen molar-refractivity contribution in [2.45, 2.75) is 13.0 Å². The number of aliphatic hydroxyl groups excluding tert-OH is 1. The Labute approximate surface area is 200 Å². The molecule has 0 aliphatic carbocycles. The molecule has 1 atom stereocenters. The lowest BCUT2D eigenvalue weighted by atomic mass is 9.95. The Kier molecular flexibility index (Phi) is 7.63. The van der Waals surface area contributed by atoms with E-state index in [4.69, 9.17) is 37.4 Å². The molecule has 10 heteroatoms. The highest BCUT2D eigenvalue weighted by Crippen LogP contribution is 2.42. The number of benzene rings is 2. The van der Waals surface area contributed by atoms with Crippen molar-refractivity contribution in [2.24, 2.45) is 0 Å². The second-order valence-corrected chi connectivity index (χ2v) is 7.94. The van der Waals surface area contributed by atoms with Crippen LogP contribution in [-0.2, 0) is 19.1 Å². The van der Waals surface area contributed by atoms with Crippen LogP contribution < -0.4 is 9.47 Å². The summed E-state index contributed by atoms with van der Waals surface area (Å²) in [6.45, 7) is 1.51. The van der Waals surface area contributed by atoms with Crippen LogP contribution in [0.2, 0.25) is 10.0 Å². The zero-order valence-corrected chi connectivity index (χ0v) is 19.6. The fourth-order valence-electron chi connectivity index (χ4n) is 3.61. The monoisotopic (exact) mass is 493 g/mol. The van der Waals surface area contributed by atoms with Gasteiger partial charge >= 0.3 is 5.97 Å². The van der Waals surface area contributed by atoms with Gasteiger partial charge in [0.05, 0.1) is 35.4 Å². The van der Waals surface area contributed by atoms with Crippen LogP contribution in [-0.4, -0.2) is 55.0 Å². The number of carbonyl (C=O) groups is 3. The van der Waals surface area contributed by atoms with Crippen LogP contribution in [0.5, 0.6) is 11.5 Å². The number of likely N-dealkylation sites (tertiary alicyclic amines) is 1. The van der Waals surface area contributed by atoms with Crippen LogP contribution in [0.4, 0.5) is 0 Å². The summed E-state index contributed by atoms with van der Waals surface area (Å²) in [4.78, 5) is 38.5. The van der Waals surface area contributed by atoms with Gasteiger partial charge in [-0.05, 0) is 29.8 Å². The van der Waals surface area contributed by atoms with Crippen molar-refractivity contribution in [1.82, 2.24) is 4.90 Å². The third-order valence-corrected chi connectivity index (χ3v) is 5.55. The number of hydrogen-bond donors (Lipinski definition) is 1. The van der Waals surface area contributed by atoms with Crippen molar-refractivity contribution in [2.75, 3.05) is 27.4 Å². The Hall–Kier alpha value is -3.07. The van der Waals surface area contributed by atoms with Gasteiger partial charge in [0.25, 0.3) is 11.7 Å². The molecule has 1 N–H and O–H groups in total. The topological polar surface area (TPSA) is 102 Å². The maximum atomic E-state index is 13.0. The Bertz CT molecular complexity index is 1120. The molecule has 0 spiro atoms. The molecule has 1 aliphatic rings. The number of esters is 1. The van der Waals surface area contributed by atoms with Crippen molar-refractivity contribution < 1.29 is 33.7 Å². The number of amides is 1. The highest BCUT2D eigenvalue weighted by Gasteiger charge is 2.46. The average molecular weight is 494 g/mol. The number of halogens is 2. The van der Waals surface area contributed by atoms with E-state index in [0.29, 0.717) is 5.56 Å². The number of hydrogen-bond acceptors (Lipinski definition) is 7. The predicted octanol–water partition coefficient (Wildman–Crippen LogP) is 4.00. The van der Waals surface area contributed by atoms with E-state index in [1.165, 1.54) is 44.2 Å². The molecule has 8 nitrogen and oxygen atoms in total. The molecule has 1 aliphatic heterocycles. The van der Waals surface area contributed by atoms with Crippen LogP contribution in [0.25, 0.3) is 5.76 Å². The maximum absolute atomic E-state index is 13.0. The van der Waals surface area contributed by atoms with E-state index in [2.05, 4.69) is 0 Å². The van der Waals surface area contributed by atoms with Gasteiger partial charge < -0.3 is 24.2 Å². The van der Waals surface area contributed by atoms with Crippen molar-refractivity contribution in [3.63, 3.8) is 0 Å². The lowest BCUT2D eigenvalue weighted by Gasteiger charge is -2.25. The quantitative estimate of drug-likeness (QED) is 0.204. The van der Waals surface area contributed by atoms with E-state index in [0.717, 1.165) is 0 Å². The standard InChI is InChI=1S/C23H21Cl2NO7/c1-12(27)33-15-6-4-5-13(9-15)19-18(21(29)23(30)26(19)7-8-31-2)20(28)14-10-16(24)22(32-3)17(25)11-14/h4-6,9-11,19,28H,7-8H2,1-3H3/b20-18+. The molecule has 33 heavy (non-hydrogen) atoms. The summed E-state index contributed by atoms with van der Waals surface area (Å²) in [6.07, 6.45) is 0. The first kappa shape index (κ1) is 24.6. The molecule has 174 valence electrons. The third-order valence-electron chi connectivity index (χ3n) is 4.99. The molecule has 0 saturated carbocycles. The second-order valence-electron chi connectivity index (χ2n) is 7.12. The van der Waals surface area contributed by atoms with Crippen LogP contribution in [0.1, 0.15) is 24.1 Å². The van der Waals surface area contributed by atoms with Crippen molar-refractivity contribution in [3.8, 4) is 11.5 Å². The summed E-state index contributed by atoms with van der Waals surface area (Å²) in [6, 6.07) is 8.17. The van der Waals surface area contributed by atoms with E-state index >= 15 is 0 Å². The Morgan fingerprint density at radius 3 is 2.36 bits per heavy atom. The molecule has 1 saturated heterocycles. The Balaban J connectivity index is 2.20. The van der Waals surface area contributed by atoms with Gasteiger partial charge in [-0.25, -0.2) is 0 Å². The number of aliphatic hydroxyl groups is 1. The van der Waals surface area contributed by atoms with Crippen LogP contribution >= 0.6 is 23.2 Å². The normalized spacial score (nSPS) is 17.4. The van der Waals surface area contributed by atoms with Gasteiger partial charge in [-0.3, -0.25) is 14.4 Å². The number of methoxy groups -OCH3 is 2. The lowest BCUT2D eigenvalue weighted by molar-refractivity contribution is -0.140. The smallest absolute Gasteiger partial charge is 0.308 e. The molecule has 0 bridgehead atoms. The molecule has 1 fully saturated rings. The largest absolute Gasteiger partial charge is 0.507 e. The van der Waals surface area contributed by atoms with E-state index in [9.17, 15) is 19.5 Å². The van der Waals surface area contributed by atoms with Gasteiger partial charge in [0.1, 0.15) is 11.5 Å². The summed E-state index contributed by atoms with van der Waals surface area (Å²) < 4.78 is 15.4. The third kappa shape index (κ3) is 4.98. The van der Waals surface area contributed by atoms with Crippen molar-refractivity contribution in [1.29, 1.82) is 0 Å². The molecular weight excluding hydrogens is 473 g/mol. The van der Waals surface area contributed by atoms with Gasteiger partial charge in [-0.1, -0.05) is 35.3 Å². The predicted molar refractivity (Wildman–Crippen MR) is 122 cm³/mol. The fourth-order valence-corrected chi connectivity index (χ4v) is 4.25. The molecule has 2 aromatic carbocycles. The van der Waals surface area contributed by atoms with E-state index in [1.54, 1.807) is 18.2 Å². The molecule has 2 aromatic rings. The number of carbonyl (C=O) groups excluding carboxylic acids is 3.